The van der Waals surface area contributed by atoms with E-state index in [0.717, 1.165) is 13.0 Å². The number of rotatable bonds is 10. The van der Waals surface area contributed by atoms with Crippen molar-refractivity contribution >= 4 is 7.85 Å². The molecule has 0 heterocycles. The molecule has 0 bridgehead atoms. The second kappa shape index (κ2) is 16.5. The highest BCUT2D eigenvalue weighted by atomic mass is 16.3. The minimum Gasteiger partial charge on any atom is -0.392 e. The van der Waals surface area contributed by atoms with Gasteiger partial charge in [-0.2, -0.15) is 0 Å². The summed E-state index contributed by atoms with van der Waals surface area (Å²) in [5, 5.41) is 16.7. The van der Waals surface area contributed by atoms with Crippen molar-refractivity contribution in [3.63, 3.8) is 0 Å². The SMILES string of the molecule is CCCCCCCCCC(O)CN(C)C.[B]C#N. The zero-order chi connectivity index (χ0) is 14.2. The van der Waals surface area contributed by atoms with Crippen LogP contribution in [0.1, 0.15) is 58.3 Å². The van der Waals surface area contributed by atoms with Gasteiger partial charge in [-0.25, -0.2) is 5.26 Å². The molecule has 4 heteroatoms. The van der Waals surface area contributed by atoms with Crippen LogP contribution in [0.25, 0.3) is 0 Å². The second-order valence-corrected chi connectivity index (χ2v) is 4.96. The van der Waals surface area contributed by atoms with Gasteiger partial charge in [-0.3, -0.25) is 0 Å². The molecular weight excluding hydrogens is 223 g/mol. The quantitative estimate of drug-likeness (QED) is 0.480. The zero-order valence-corrected chi connectivity index (χ0v) is 12.4. The molecule has 1 unspecified atom stereocenters. The first-order valence-electron chi connectivity index (χ1n) is 7.00. The summed E-state index contributed by atoms with van der Waals surface area (Å²) in [6, 6.07) is 0. The van der Waals surface area contributed by atoms with Crippen molar-refractivity contribution in [2.75, 3.05) is 20.6 Å². The maximum absolute atomic E-state index is 9.62. The molecule has 0 aliphatic heterocycles. The van der Waals surface area contributed by atoms with Gasteiger partial charge in [-0.1, -0.05) is 51.9 Å². The monoisotopic (exact) mass is 252 g/mol. The van der Waals surface area contributed by atoms with Gasteiger partial charge in [0.15, 0.2) is 0 Å². The van der Waals surface area contributed by atoms with E-state index >= 15 is 0 Å². The molecule has 0 rings (SSSR count). The summed E-state index contributed by atoms with van der Waals surface area (Å²) in [7, 11) is 8.17. The van der Waals surface area contributed by atoms with Gasteiger partial charge in [0.25, 0.3) is 0 Å². The Morgan fingerprint density at radius 3 is 2.00 bits per heavy atom. The fraction of sp³-hybridized carbons (Fsp3) is 0.929. The molecule has 0 aromatic carbocycles. The predicted molar refractivity (Wildman–Crippen MR) is 78.5 cm³/mol. The molecule has 0 aliphatic carbocycles. The molecule has 0 amide bonds. The molecule has 0 spiro atoms. The van der Waals surface area contributed by atoms with E-state index in [9.17, 15) is 5.11 Å². The van der Waals surface area contributed by atoms with Crippen LogP contribution in [-0.4, -0.2) is 44.6 Å². The summed E-state index contributed by atoms with van der Waals surface area (Å²) in [5.74, 6) is 1.25. The van der Waals surface area contributed by atoms with Gasteiger partial charge < -0.3 is 10.0 Å². The van der Waals surface area contributed by atoms with Crippen LogP contribution in [0.4, 0.5) is 0 Å². The van der Waals surface area contributed by atoms with Crippen molar-refractivity contribution in [3.05, 3.63) is 0 Å². The lowest BCUT2D eigenvalue weighted by Crippen LogP contribution is -2.25. The van der Waals surface area contributed by atoms with Crippen molar-refractivity contribution in [2.45, 2.75) is 64.4 Å². The minimum atomic E-state index is -0.129. The third kappa shape index (κ3) is 20.8. The molecule has 0 saturated heterocycles. The van der Waals surface area contributed by atoms with Crippen LogP contribution >= 0.6 is 0 Å². The summed E-state index contributed by atoms with van der Waals surface area (Å²) >= 11 is 0. The zero-order valence-electron chi connectivity index (χ0n) is 12.4. The number of aliphatic hydroxyl groups excluding tert-OH is 1. The second-order valence-electron chi connectivity index (χ2n) is 4.96. The Kier molecular flexibility index (Phi) is 18.1. The van der Waals surface area contributed by atoms with Crippen molar-refractivity contribution in [3.8, 4) is 5.97 Å². The van der Waals surface area contributed by atoms with Crippen LogP contribution in [0.15, 0.2) is 0 Å². The van der Waals surface area contributed by atoms with E-state index in [0.29, 0.717) is 0 Å². The number of nitrogens with zero attached hydrogens (tertiary/aromatic N) is 2. The lowest BCUT2D eigenvalue weighted by molar-refractivity contribution is 0.125. The highest BCUT2D eigenvalue weighted by molar-refractivity contribution is 6.20. The fourth-order valence-electron chi connectivity index (χ4n) is 1.85. The van der Waals surface area contributed by atoms with E-state index in [1.165, 1.54) is 50.9 Å². The first-order chi connectivity index (χ1) is 8.58. The largest absolute Gasteiger partial charge is 0.392 e. The van der Waals surface area contributed by atoms with Gasteiger partial charge in [-0.05, 0) is 26.5 Å². The third-order valence-corrected chi connectivity index (χ3v) is 2.72. The smallest absolute Gasteiger partial charge is 0.229 e. The summed E-state index contributed by atoms with van der Waals surface area (Å²) < 4.78 is 0. The van der Waals surface area contributed by atoms with Crippen LogP contribution < -0.4 is 0 Å². The molecule has 0 aromatic heterocycles. The van der Waals surface area contributed by atoms with Crippen LogP contribution in [0, 0.1) is 11.2 Å². The molecule has 2 radical (unpaired) electrons. The molecule has 104 valence electrons. The Morgan fingerprint density at radius 2 is 1.56 bits per heavy atom. The van der Waals surface area contributed by atoms with Crippen LogP contribution in [0.2, 0.25) is 0 Å². The van der Waals surface area contributed by atoms with E-state index in [2.05, 4.69) is 14.8 Å². The van der Waals surface area contributed by atoms with Crippen molar-refractivity contribution in [2.24, 2.45) is 0 Å². The number of nitriles is 1. The average Bonchev–Trinajstić information content (AvgIpc) is 2.28. The van der Waals surface area contributed by atoms with Gasteiger partial charge >= 0.3 is 0 Å². The highest BCUT2D eigenvalue weighted by Gasteiger charge is 2.04. The number of aliphatic hydroxyl groups is 1. The Balaban J connectivity index is 0. The first-order valence-corrected chi connectivity index (χ1v) is 7.00. The van der Waals surface area contributed by atoms with E-state index < -0.39 is 0 Å². The maximum atomic E-state index is 9.62. The third-order valence-electron chi connectivity index (χ3n) is 2.72. The standard InChI is InChI=1S/C13H29NO.CBN/c1-4-5-6-7-8-9-10-11-13(15)12-14(2)3;2-1-3/h13,15H,4-12H2,1-3H3;. The van der Waals surface area contributed by atoms with Crippen molar-refractivity contribution in [1.29, 1.82) is 5.26 Å². The van der Waals surface area contributed by atoms with Crippen LogP contribution in [-0.2, 0) is 0 Å². The summed E-state index contributed by atoms with van der Waals surface area (Å²) in [4.78, 5) is 2.05. The number of likely N-dealkylation sites (N-methyl/N-ethyl adjacent to an activating group) is 1. The molecule has 0 fully saturated rings. The van der Waals surface area contributed by atoms with Gasteiger partial charge in [-0.15, -0.1) is 0 Å². The van der Waals surface area contributed by atoms with E-state index in [4.69, 9.17) is 5.26 Å². The van der Waals surface area contributed by atoms with Gasteiger partial charge in [0.05, 0.1) is 6.10 Å². The van der Waals surface area contributed by atoms with Gasteiger partial charge in [0.1, 0.15) is 0 Å². The Morgan fingerprint density at radius 1 is 1.11 bits per heavy atom. The van der Waals surface area contributed by atoms with E-state index in [1.54, 1.807) is 0 Å². The molecule has 18 heavy (non-hydrogen) atoms. The van der Waals surface area contributed by atoms with Crippen LogP contribution in [0.5, 0.6) is 0 Å². The van der Waals surface area contributed by atoms with Gasteiger partial charge in [0, 0.05) is 6.54 Å². The fourth-order valence-corrected chi connectivity index (χ4v) is 1.85. The number of hydrogen-bond donors (Lipinski definition) is 1. The summed E-state index contributed by atoms with van der Waals surface area (Å²) in [6.07, 6.45) is 10.1. The van der Waals surface area contributed by atoms with Gasteiger partial charge in [0.2, 0.25) is 7.85 Å². The first kappa shape index (κ1) is 19.8. The number of unbranched alkanes of at least 4 members (excludes halogenated alkanes) is 6. The van der Waals surface area contributed by atoms with E-state index in [-0.39, 0.29) is 6.10 Å². The topological polar surface area (TPSA) is 47.3 Å². The van der Waals surface area contributed by atoms with Crippen LogP contribution in [0.3, 0.4) is 0 Å². The molecule has 3 nitrogen and oxygen atoms in total. The molecule has 0 aromatic rings. The predicted octanol–water partition coefficient (Wildman–Crippen LogP) is 2.69. The minimum absolute atomic E-state index is 0.129. The Hall–Kier alpha value is -0.525. The molecule has 1 atom stereocenters. The van der Waals surface area contributed by atoms with E-state index in [1.807, 2.05) is 19.0 Å². The van der Waals surface area contributed by atoms with Crippen molar-refractivity contribution < 1.29 is 5.11 Å². The van der Waals surface area contributed by atoms with Crippen molar-refractivity contribution in [1.82, 2.24) is 4.90 Å². The maximum Gasteiger partial charge on any atom is 0.229 e. The molecule has 0 saturated carbocycles. The Labute approximate surface area is 115 Å². The average molecular weight is 252 g/mol. The summed E-state index contributed by atoms with van der Waals surface area (Å²) in [6.45, 7) is 3.05. The summed E-state index contributed by atoms with van der Waals surface area (Å²) in [5.41, 5.74) is 0. The Bertz CT molecular complexity index is 193. The highest BCUT2D eigenvalue weighted by Crippen LogP contribution is 2.09. The lowest BCUT2D eigenvalue weighted by Gasteiger charge is -2.15. The normalized spacial score (nSPS) is 11.6. The number of hydrogen-bond acceptors (Lipinski definition) is 3. The molecular formula is C14H29BN2O. The lowest BCUT2D eigenvalue weighted by atomic mass is 10.1. The molecule has 1 N–H and O–H groups in total. The molecule has 0 aliphatic rings.